The average molecular weight is 498 g/mol. The largest absolute Gasteiger partial charge is 0.416 e. The topological polar surface area (TPSA) is 71.8 Å². The van der Waals surface area contributed by atoms with E-state index in [1.165, 1.54) is 12.1 Å². The number of hydrogen-bond donors (Lipinski definition) is 2. The van der Waals surface area contributed by atoms with Crippen LogP contribution in [-0.4, -0.2) is 26.4 Å². The van der Waals surface area contributed by atoms with E-state index in [9.17, 15) is 18.0 Å². The second-order valence-corrected chi connectivity index (χ2v) is 8.65. The molecule has 6 nitrogen and oxygen atoms in total. The Morgan fingerprint density at radius 1 is 0.943 bits per heavy atom. The lowest BCUT2D eigenvalue weighted by molar-refractivity contribution is -0.137. The first kappa shape index (κ1) is 24.3. The number of rotatable bonds is 8. The van der Waals surface area contributed by atoms with Gasteiger partial charge in [0.25, 0.3) is 0 Å². The summed E-state index contributed by atoms with van der Waals surface area (Å²) in [6.45, 7) is 2.42. The van der Waals surface area contributed by atoms with Gasteiger partial charge in [0, 0.05) is 17.1 Å². The van der Waals surface area contributed by atoms with Crippen molar-refractivity contribution in [2.24, 2.45) is 0 Å². The van der Waals surface area contributed by atoms with Crippen molar-refractivity contribution < 1.29 is 18.0 Å². The summed E-state index contributed by atoms with van der Waals surface area (Å²) in [6, 6.07) is 22.0. The Kier molecular flexibility index (Phi) is 7.40. The average Bonchev–Trinajstić information content (AvgIpc) is 3.24. The molecule has 0 bridgehead atoms. The highest BCUT2D eigenvalue weighted by Crippen LogP contribution is 2.31. The van der Waals surface area contributed by atoms with Crippen molar-refractivity contribution in [2.75, 3.05) is 16.4 Å². The molecule has 0 aliphatic heterocycles. The Morgan fingerprint density at radius 3 is 2.43 bits per heavy atom. The molecule has 0 saturated heterocycles. The van der Waals surface area contributed by atoms with Crippen LogP contribution >= 0.6 is 11.8 Å². The molecule has 4 rings (SSSR count). The number of halogens is 3. The van der Waals surface area contributed by atoms with Gasteiger partial charge in [-0.25, -0.2) is 0 Å². The van der Waals surface area contributed by atoms with Gasteiger partial charge in [0.1, 0.15) is 0 Å². The Hall–Kier alpha value is -3.79. The van der Waals surface area contributed by atoms with Crippen LogP contribution in [0.3, 0.4) is 0 Å². The second kappa shape index (κ2) is 10.6. The number of nitrogens with zero attached hydrogens (tertiary/aromatic N) is 3. The van der Waals surface area contributed by atoms with E-state index in [0.29, 0.717) is 17.5 Å². The summed E-state index contributed by atoms with van der Waals surface area (Å²) in [5.41, 5.74) is 2.17. The highest BCUT2D eigenvalue weighted by molar-refractivity contribution is 7.99. The molecule has 10 heteroatoms. The van der Waals surface area contributed by atoms with Gasteiger partial charge in [-0.05, 0) is 55.0 Å². The summed E-state index contributed by atoms with van der Waals surface area (Å²) in [5.74, 6) is 0.154. The third-order valence-electron chi connectivity index (χ3n) is 4.99. The van der Waals surface area contributed by atoms with Crippen molar-refractivity contribution in [3.05, 3.63) is 95.8 Å². The standard InChI is InChI=1S/C25H22F3N5OS/c1-17-7-5-9-19(13-17)29-15-22-31-32-24(33(22)21-11-3-2-4-12-21)35-16-23(34)30-20-10-6-8-18(14-20)25(26,27)28/h2-14,29H,15-16H2,1H3,(H,30,34). The molecule has 0 aliphatic carbocycles. The molecule has 0 spiro atoms. The van der Waals surface area contributed by atoms with Crippen molar-refractivity contribution in [2.45, 2.75) is 24.8 Å². The van der Waals surface area contributed by atoms with Gasteiger partial charge in [0.2, 0.25) is 5.91 Å². The molecule has 1 heterocycles. The van der Waals surface area contributed by atoms with Crippen molar-refractivity contribution in [3.8, 4) is 5.69 Å². The van der Waals surface area contributed by atoms with Gasteiger partial charge >= 0.3 is 6.18 Å². The number of amides is 1. The number of carbonyl (C=O) groups excluding carboxylic acids is 1. The van der Waals surface area contributed by atoms with E-state index < -0.39 is 17.6 Å². The molecular formula is C25H22F3N5OS. The summed E-state index contributed by atoms with van der Waals surface area (Å²) >= 11 is 1.15. The number of hydrogen-bond acceptors (Lipinski definition) is 5. The minimum atomic E-state index is -4.48. The monoisotopic (exact) mass is 497 g/mol. The normalized spacial score (nSPS) is 11.3. The third kappa shape index (κ3) is 6.42. The number of para-hydroxylation sites is 1. The fraction of sp³-hybridized carbons (Fsp3) is 0.160. The zero-order valence-electron chi connectivity index (χ0n) is 18.7. The molecule has 0 atom stereocenters. The van der Waals surface area contributed by atoms with Crippen molar-refractivity contribution >= 4 is 29.0 Å². The Labute approximate surface area is 204 Å². The van der Waals surface area contributed by atoms with E-state index in [2.05, 4.69) is 20.8 Å². The number of thioether (sulfide) groups is 1. The van der Waals surface area contributed by atoms with Gasteiger partial charge < -0.3 is 10.6 Å². The van der Waals surface area contributed by atoms with Crippen LogP contribution in [0.15, 0.2) is 84.0 Å². The van der Waals surface area contributed by atoms with E-state index >= 15 is 0 Å². The van der Waals surface area contributed by atoms with Crippen molar-refractivity contribution in [1.29, 1.82) is 0 Å². The number of benzene rings is 3. The van der Waals surface area contributed by atoms with Crippen LogP contribution in [0.5, 0.6) is 0 Å². The van der Waals surface area contributed by atoms with E-state index in [0.717, 1.165) is 40.8 Å². The van der Waals surface area contributed by atoms with Gasteiger partial charge in [0.05, 0.1) is 17.9 Å². The maximum Gasteiger partial charge on any atom is 0.416 e. The van der Waals surface area contributed by atoms with Crippen LogP contribution < -0.4 is 10.6 Å². The Balaban J connectivity index is 1.48. The fourth-order valence-electron chi connectivity index (χ4n) is 3.38. The SMILES string of the molecule is Cc1cccc(NCc2nnc(SCC(=O)Nc3cccc(C(F)(F)F)c3)n2-c2ccccc2)c1. The Morgan fingerprint density at radius 2 is 1.69 bits per heavy atom. The summed E-state index contributed by atoms with van der Waals surface area (Å²) in [5, 5.41) is 14.9. The summed E-state index contributed by atoms with van der Waals surface area (Å²) in [6.07, 6.45) is -4.48. The highest BCUT2D eigenvalue weighted by Gasteiger charge is 2.30. The summed E-state index contributed by atoms with van der Waals surface area (Å²) in [7, 11) is 0. The molecule has 1 aromatic heterocycles. The zero-order chi connectivity index (χ0) is 24.8. The molecule has 0 unspecified atom stereocenters. The molecule has 35 heavy (non-hydrogen) atoms. The zero-order valence-corrected chi connectivity index (χ0v) is 19.5. The molecule has 0 fully saturated rings. The number of aryl methyl sites for hydroxylation is 1. The van der Waals surface area contributed by atoms with E-state index in [4.69, 9.17) is 0 Å². The molecule has 0 aliphatic rings. The van der Waals surface area contributed by atoms with Gasteiger partial charge in [0.15, 0.2) is 11.0 Å². The first-order valence-corrected chi connectivity index (χ1v) is 11.7. The van der Waals surface area contributed by atoms with E-state index in [1.54, 1.807) is 0 Å². The molecule has 3 aromatic carbocycles. The smallest absolute Gasteiger partial charge is 0.378 e. The molecule has 180 valence electrons. The summed E-state index contributed by atoms with van der Waals surface area (Å²) in [4.78, 5) is 12.5. The lowest BCUT2D eigenvalue weighted by Crippen LogP contribution is -2.15. The first-order chi connectivity index (χ1) is 16.8. The maximum absolute atomic E-state index is 12.9. The lowest BCUT2D eigenvalue weighted by atomic mass is 10.2. The van der Waals surface area contributed by atoms with Crippen LogP contribution in [0, 0.1) is 6.92 Å². The molecule has 0 saturated carbocycles. The Bertz CT molecular complexity index is 1310. The number of aromatic nitrogens is 3. The van der Waals surface area contributed by atoms with Gasteiger partial charge in [-0.15, -0.1) is 10.2 Å². The number of anilines is 2. The third-order valence-corrected chi connectivity index (χ3v) is 5.92. The minimum absolute atomic E-state index is 0.0491. The van der Waals surface area contributed by atoms with Gasteiger partial charge in [-0.1, -0.05) is 48.2 Å². The van der Waals surface area contributed by atoms with Crippen LogP contribution in [0.4, 0.5) is 24.5 Å². The second-order valence-electron chi connectivity index (χ2n) is 7.71. The van der Waals surface area contributed by atoms with Crippen LogP contribution in [0.25, 0.3) is 5.69 Å². The number of alkyl halides is 3. The lowest BCUT2D eigenvalue weighted by Gasteiger charge is -2.12. The predicted molar refractivity (Wildman–Crippen MR) is 131 cm³/mol. The van der Waals surface area contributed by atoms with Crippen LogP contribution in [0.1, 0.15) is 17.0 Å². The molecular weight excluding hydrogens is 475 g/mol. The maximum atomic E-state index is 12.9. The molecule has 2 N–H and O–H groups in total. The predicted octanol–water partition coefficient (Wildman–Crippen LogP) is 5.94. The fourth-order valence-corrected chi connectivity index (χ4v) is 4.15. The van der Waals surface area contributed by atoms with Gasteiger partial charge in [-0.3, -0.25) is 9.36 Å². The minimum Gasteiger partial charge on any atom is -0.378 e. The highest BCUT2D eigenvalue weighted by atomic mass is 32.2. The summed E-state index contributed by atoms with van der Waals surface area (Å²) < 4.78 is 40.7. The van der Waals surface area contributed by atoms with Crippen molar-refractivity contribution in [3.63, 3.8) is 0 Å². The molecule has 4 aromatic rings. The number of nitrogens with one attached hydrogen (secondary N) is 2. The quantitative estimate of drug-likeness (QED) is 0.295. The van der Waals surface area contributed by atoms with Crippen molar-refractivity contribution in [1.82, 2.24) is 14.8 Å². The first-order valence-electron chi connectivity index (χ1n) is 10.7. The van der Waals surface area contributed by atoms with Crippen LogP contribution in [0.2, 0.25) is 0 Å². The van der Waals surface area contributed by atoms with E-state index in [1.807, 2.05) is 66.1 Å². The van der Waals surface area contributed by atoms with Crippen LogP contribution in [-0.2, 0) is 17.5 Å². The molecule has 0 radical (unpaired) electrons. The number of carbonyl (C=O) groups is 1. The molecule has 1 amide bonds. The van der Waals surface area contributed by atoms with E-state index in [-0.39, 0.29) is 11.4 Å². The van der Waals surface area contributed by atoms with Gasteiger partial charge in [-0.2, -0.15) is 13.2 Å².